The predicted octanol–water partition coefficient (Wildman–Crippen LogP) is 17.9. The molecule has 350 valence electrons. The van der Waals surface area contributed by atoms with Crippen molar-refractivity contribution in [1.29, 1.82) is 0 Å². The first-order valence-electron chi connectivity index (χ1n) is 25.2. The van der Waals surface area contributed by atoms with Crippen LogP contribution < -0.4 is 0 Å². The maximum Gasteiger partial charge on any atom is 0.0704 e. The van der Waals surface area contributed by atoms with Gasteiger partial charge in [0.1, 0.15) is 0 Å². The quantitative estimate of drug-likeness (QED) is 0.0723. The van der Waals surface area contributed by atoms with Crippen LogP contribution in [0.1, 0.15) is 115 Å². The van der Waals surface area contributed by atoms with E-state index in [-0.39, 0.29) is 23.7 Å². The van der Waals surface area contributed by atoms with Gasteiger partial charge in [-0.25, -0.2) is 0 Å². The van der Waals surface area contributed by atoms with E-state index in [2.05, 4.69) is 295 Å². The molecule has 10 aromatic carbocycles. The van der Waals surface area contributed by atoms with Gasteiger partial charge in [0, 0.05) is 23.7 Å². The molecule has 0 aliphatic carbocycles. The molecule has 72 heavy (non-hydrogen) atoms. The van der Waals surface area contributed by atoms with Gasteiger partial charge in [0.05, 0.1) is 22.8 Å². The number of nitrogens with zero attached hydrogens (tertiary/aromatic N) is 2. The van der Waals surface area contributed by atoms with Gasteiger partial charge < -0.3 is 0 Å². The molecular formula is C70H60N2. The van der Waals surface area contributed by atoms with E-state index >= 15 is 0 Å². The fraction of sp³-hybridized carbons (Fsp3) is 0.114. The number of aryl methyl sites for hydroxylation is 2. The largest absolute Gasteiger partial charge is 0.251 e. The van der Waals surface area contributed by atoms with Gasteiger partial charge in [-0.3, -0.25) is 9.98 Å². The smallest absolute Gasteiger partial charge is 0.0704 e. The maximum atomic E-state index is 5.70. The van der Waals surface area contributed by atoms with Crippen LogP contribution in [0.4, 0.5) is 11.4 Å². The van der Waals surface area contributed by atoms with Crippen molar-refractivity contribution in [2.75, 3.05) is 0 Å². The average Bonchev–Trinajstić information content (AvgIpc) is 3.43. The minimum atomic E-state index is -0.0805. The van der Waals surface area contributed by atoms with E-state index in [1.165, 1.54) is 55.6 Å². The van der Waals surface area contributed by atoms with Crippen molar-refractivity contribution in [3.63, 3.8) is 0 Å². The molecule has 0 fully saturated rings. The van der Waals surface area contributed by atoms with Crippen molar-refractivity contribution in [2.24, 2.45) is 9.98 Å². The van der Waals surface area contributed by atoms with Crippen molar-refractivity contribution >= 4 is 22.8 Å². The highest BCUT2D eigenvalue weighted by molar-refractivity contribution is 6.41. The molecule has 0 aliphatic rings. The summed E-state index contributed by atoms with van der Waals surface area (Å²) in [6.45, 7) is 8.71. The molecule has 0 saturated carbocycles. The number of rotatable bonds is 15. The van der Waals surface area contributed by atoms with Crippen LogP contribution >= 0.6 is 0 Å². The lowest BCUT2D eigenvalue weighted by Gasteiger charge is -2.26. The van der Waals surface area contributed by atoms with E-state index in [4.69, 9.17) is 9.98 Å². The van der Waals surface area contributed by atoms with E-state index in [9.17, 15) is 0 Å². The van der Waals surface area contributed by atoms with E-state index < -0.39 is 0 Å². The highest BCUT2D eigenvalue weighted by Gasteiger charge is 2.28. The van der Waals surface area contributed by atoms with Crippen molar-refractivity contribution in [3.8, 4) is 0 Å². The molecule has 0 N–H and O–H groups in total. The lowest BCUT2D eigenvalue weighted by molar-refractivity contribution is 0.934. The standard InChI is InChI=1S/C70H60N2/c1-49-45-61(65(53-29-13-5-14-30-53)54-31-15-6-16-32-54)47-63(67(57-37-21-9-22-38-57)58-39-23-10-24-40-58)69(49)71-51(3)52(4)72-70-50(2)46-62(66(55-33-17-7-18-34-55)56-35-19-8-20-36-56)48-64(70)68(59-41-25-11-26-42-59)60-43-27-12-28-44-60/h5-48,65-68H,1-4H3. The third kappa shape index (κ3) is 10.4. The molecule has 0 atom stereocenters. The zero-order valence-electron chi connectivity index (χ0n) is 41.6. The van der Waals surface area contributed by atoms with Crippen LogP contribution in [0, 0.1) is 13.8 Å². The van der Waals surface area contributed by atoms with Gasteiger partial charge in [0.2, 0.25) is 0 Å². The Hall–Kier alpha value is -8.46. The lowest BCUT2D eigenvalue weighted by atomic mass is 9.79. The third-order valence-corrected chi connectivity index (χ3v) is 14.1. The molecule has 0 aromatic heterocycles. The summed E-state index contributed by atoms with van der Waals surface area (Å²) in [5, 5.41) is 0. The SMILES string of the molecule is CC(=Nc1c(C)cc(C(c2ccccc2)c2ccccc2)cc1C(c1ccccc1)c1ccccc1)C(C)=Nc1c(C)cc(C(c2ccccc2)c2ccccc2)cc1C(c1ccccc1)c1ccccc1. The molecule has 2 heteroatoms. The normalized spacial score (nSPS) is 12.0. The summed E-state index contributed by atoms with van der Waals surface area (Å²) in [4.78, 5) is 11.4. The zero-order valence-corrected chi connectivity index (χ0v) is 41.6. The van der Waals surface area contributed by atoms with Crippen molar-refractivity contribution < 1.29 is 0 Å². The molecule has 0 spiro atoms. The molecule has 0 radical (unpaired) electrons. The van der Waals surface area contributed by atoms with Crippen molar-refractivity contribution in [1.82, 2.24) is 0 Å². The lowest BCUT2D eigenvalue weighted by Crippen LogP contribution is -2.11. The van der Waals surface area contributed by atoms with Gasteiger partial charge >= 0.3 is 0 Å². The number of aliphatic imine (C=N–C) groups is 2. The Balaban J connectivity index is 1.18. The van der Waals surface area contributed by atoms with E-state index in [0.717, 1.165) is 45.1 Å². The molecule has 10 aromatic rings. The van der Waals surface area contributed by atoms with E-state index in [0.29, 0.717) is 0 Å². The first kappa shape index (κ1) is 47.2. The molecule has 0 heterocycles. The van der Waals surface area contributed by atoms with Gasteiger partial charge in [0.25, 0.3) is 0 Å². The Kier molecular flexibility index (Phi) is 14.5. The van der Waals surface area contributed by atoms with Gasteiger partial charge in [-0.15, -0.1) is 0 Å². The number of hydrogen-bond donors (Lipinski definition) is 0. The number of hydrogen-bond acceptors (Lipinski definition) is 2. The first-order chi connectivity index (χ1) is 35.4. The third-order valence-electron chi connectivity index (χ3n) is 14.1. The molecule has 0 aliphatic heterocycles. The summed E-state index contributed by atoms with van der Waals surface area (Å²) in [7, 11) is 0. The molecule has 0 bridgehead atoms. The Labute approximate surface area is 426 Å². The highest BCUT2D eigenvalue weighted by Crippen LogP contribution is 2.45. The minimum Gasteiger partial charge on any atom is -0.251 e. The van der Waals surface area contributed by atoms with Crippen LogP contribution in [0.5, 0.6) is 0 Å². The summed E-state index contributed by atoms with van der Waals surface area (Å²) in [6, 6.07) is 96.8. The molecule has 10 rings (SSSR count). The van der Waals surface area contributed by atoms with E-state index in [1.54, 1.807) is 0 Å². The van der Waals surface area contributed by atoms with Gasteiger partial charge in [-0.05, 0) is 106 Å². The maximum absolute atomic E-state index is 5.70. The second-order valence-corrected chi connectivity index (χ2v) is 19.0. The average molecular weight is 929 g/mol. The van der Waals surface area contributed by atoms with Gasteiger partial charge in [-0.1, -0.05) is 267 Å². The summed E-state index contributed by atoms with van der Waals surface area (Å²) >= 11 is 0. The van der Waals surface area contributed by atoms with Crippen molar-refractivity contribution in [3.05, 3.63) is 345 Å². The Morgan fingerprint density at radius 2 is 0.444 bits per heavy atom. The van der Waals surface area contributed by atoms with E-state index in [1.807, 2.05) is 0 Å². The Morgan fingerprint density at radius 3 is 0.653 bits per heavy atom. The molecule has 2 nitrogen and oxygen atoms in total. The number of benzene rings is 10. The summed E-state index contributed by atoms with van der Waals surface area (Å²) in [5.41, 5.74) is 20.6. The first-order valence-corrected chi connectivity index (χ1v) is 25.2. The Morgan fingerprint density at radius 1 is 0.250 bits per heavy atom. The molecular weight excluding hydrogens is 869 g/mol. The minimum absolute atomic E-state index is 0.0226. The fourth-order valence-electron chi connectivity index (χ4n) is 10.7. The molecule has 0 amide bonds. The van der Waals surface area contributed by atoms with Crippen molar-refractivity contribution in [2.45, 2.75) is 51.4 Å². The van der Waals surface area contributed by atoms with Crippen LogP contribution in [0.2, 0.25) is 0 Å². The second-order valence-electron chi connectivity index (χ2n) is 19.0. The predicted molar refractivity (Wildman–Crippen MR) is 303 cm³/mol. The summed E-state index contributed by atoms with van der Waals surface area (Å²) in [6.07, 6.45) is 0. The van der Waals surface area contributed by atoms with Crippen LogP contribution in [0.15, 0.2) is 277 Å². The van der Waals surface area contributed by atoms with Crippen LogP contribution in [0.3, 0.4) is 0 Å². The van der Waals surface area contributed by atoms with Crippen LogP contribution in [-0.2, 0) is 0 Å². The summed E-state index contributed by atoms with van der Waals surface area (Å²) in [5.74, 6) is -0.116. The van der Waals surface area contributed by atoms with Gasteiger partial charge in [0.15, 0.2) is 0 Å². The highest BCUT2D eigenvalue weighted by atomic mass is 14.8. The Bertz CT molecular complexity index is 3020. The second kappa shape index (κ2) is 22.1. The van der Waals surface area contributed by atoms with Gasteiger partial charge in [-0.2, -0.15) is 0 Å². The topological polar surface area (TPSA) is 24.7 Å². The molecule has 0 saturated heterocycles. The monoisotopic (exact) mass is 928 g/mol. The fourth-order valence-corrected chi connectivity index (χ4v) is 10.7. The van der Waals surface area contributed by atoms with Crippen LogP contribution in [0.25, 0.3) is 0 Å². The van der Waals surface area contributed by atoms with Crippen LogP contribution in [-0.4, -0.2) is 11.4 Å². The zero-order chi connectivity index (χ0) is 49.2. The molecule has 0 unspecified atom stereocenters. The summed E-state index contributed by atoms with van der Waals surface area (Å²) < 4.78 is 0.